The Bertz CT molecular complexity index is 426. The van der Waals surface area contributed by atoms with Crippen LogP contribution < -0.4 is 16.4 Å². The standard InChI is InChI=1S/C13H20N4OS/c14-13(16-6-5-11-2-1-9-19-11)17-8-7-15-12(18)10-3-4-10/h1-2,9-10H,3-8H2,(H,15,18)(H3,14,16,17). The van der Waals surface area contributed by atoms with Gasteiger partial charge in [0.1, 0.15) is 0 Å². The van der Waals surface area contributed by atoms with Gasteiger partial charge in [-0.15, -0.1) is 11.3 Å². The summed E-state index contributed by atoms with van der Waals surface area (Å²) in [5.41, 5.74) is 5.73. The molecule has 1 aromatic heterocycles. The molecule has 1 fully saturated rings. The number of carbonyl (C=O) groups excluding carboxylic acids is 1. The van der Waals surface area contributed by atoms with E-state index in [1.54, 1.807) is 11.3 Å². The minimum absolute atomic E-state index is 0.162. The Morgan fingerprint density at radius 2 is 2.21 bits per heavy atom. The molecule has 0 aliphatic heterocycles. The predicted octanol–water partition coefficient (Wildman–Crippen LogP) is 0.721. The fourth-order valence-electron chi connectivity index (χ4n) is 1.66. The fourth-order valence-corrected chi connectivity index (χ4v) is 2.36. The number of guanidine groups is 1. The maximum absolute atomic E-state index is 11.4. The third-order valence-electron chi connectivity index (χ3n) is 2.90. The van der Waals surface area contributed by atoms with Crippen LogP contribution in [0.15, 0.2) is 22.5 Å². The zero-order valence-electron chi connectivity index (χ0n) is 10.9. The van der Waals surface area contributed by atoms with Crippen molar-refractivity contribution in [1.82, 2.24) is 10.6 Å². The lowest BCUT2D eigenvalue weighted by Gasteiger charge is -2.06. The normalized spacial score (nSPS) is 15.3. The first-order valence-electron chi connectivity index (χ1n) is 6.59. The van der Waals surface area contributed by atoms with E-state index in [0.29, 0.717) is 25.6 Å². The van der Waals surface area contributed by atoms with Crippen molar-refractivity contribution in [2.45, 2.75) is 19.3 Å². The molecule has 19 heavy (non-hydrogen) atoms. The van der Waals surface area contributed by atoms with Crippen molar-refractivity contribution in [2.24, 2.45) is 16.6 Å². The number of nitrogens with one attached hydrogen (secondary N) is 2. The minimum atomic E-state index is 0.162. The van der Waals surface area contributed by atoms with E-state index in [-0.39, 0.29) is 11.8 Å². The number of nitrogens with zero attached hydrogens (tertiary/aromatic N) is 1. The lowest BCUT2D eigenvalue weighted by atomic mass is 10.3. The highest BCUT2D eigenvalue weighted by Gasteiger charge is 2.28. The highest BCUT2D eigenvalue weighted by Crippen LogP contribution is 2.28. The first-order valence-corrected chi connectivity index (χ1v) is 7.47. The second kappa shape index (κ2) is 7.13. The van der Waals surface area contributed by atoms with Crippen LogP contribution in [0.25, 0.3) is 0 Å². The Labute approximate surface area is 117 Å². The monoisotopic (exact) mass is 280 g/mol. The van der Waals surface area contributed by atoms with Crippen LogP contribution in [0.5, 0.6) is 0 Å². The van der Waals surface area contributed by atoms with Gasteiger partial charge in [0.2, 0.25) is 5.91 Å². The summed E-state index contributed by atoms with van der Waals surface area (Å²) in [5, 5.41) is 7.92. The van der Waals surface area contributed by atoms with Gasteiger partial charge in [-0.1, -0.05) is 6.07 Å². The Morgan fingerprint density at radius 1 is 1.42 bits per heavy atom. The molecule has 1 aliphatic rings. The molecule has 0 spiro atoms. The van der Waals surface area contributed by atoms with Crippen molar-refractivity contribution in [3.8, 4) is 0 Å². The maximum Gasteiger partial charge on any atom is 0.223 e. The van der Waals surface area contributed by atoms with E-state index in [1.165, 1.54) is 4.88 Å². The largest absolute Gasteiger partial charge is 0.370 e. The number of hydrogen-bond donors (Lipinski definition) is 3. The molecule has 1 aromatic rings. The van der Waals surface area contributed by atoms with Gasteiger partial charge in [0, 0.05) is 36.9 Å². The van der Waals surface area contributed by atoms with Crippen molar-refractivity contribution in [3.05, 3.63) is 22.4 Å². The lowest BCUT2D eigenvalue weighted by Crippen LogP contribution is -2.38. The van der Waals surface area contributed by atoms with Crippen LogP contribution in [0.1, 0.15) is 17.7 Å². The number of hydrogen-bond acceptors (Lipinski definition) is 3. The summed E-state index contributed by atoms with van der Waals surface area (Å²) in [6, 6.07) is 4.13. The highest BCUT2D eigenvalue weighted by atomic mass is 32.1. The first kappa shape index (κ1) is 13.9. The number of aliphatic imine (C=N–C) groups is 1. The molecular weight excluding hydrogens is 260 g/mol. The molecule has 0 radical (unpaired) electrons. The molecule has 5 nitrogen and oxygen atoms in total. The van der Waals surface area contributed by atoms with Gasteiger partial charge in [0.05, 0.1) is 0 Å². The number of amides is 1. The van der Waals surface area contributed by atoms with Crippen LogP contribution >= 0.6 is 11.3 Å². The molecule has 6 heteroatoms. The number of carbonyl (C=O) groups is 1. The van der Waals surface area contributed by atoms with Crippen LogP contribution in [0.2, 0.25) is 0 Å². The SMILES string of the molecule is NC(=NCCc1cccs1)NCCNC(=O)C1CC1. The summed E-state index contributed by atoms with van der Waals surface area (Å²) < 4.78 is 0. The van der Waals surface area contributed by atoms with Crippen LogP contribution in [0.3, 0.4) is 0 Å². The molecule has 0 saturated heterocycles. The molecule has 0 atom stereocenters. The Hall–Kier alpha value is -1.56. The molecule has 0 aromatic carbocycles. The summed E-state index contributed by atoms with van der Waals surface area (Å²) in [6.07, 6.45) is 2.98. The topological polar surface area (TPSA) is 79.5 Å². The Morgan fingerprint density at radius 3 is 2.89 bits per heavy atom. The van der Waals surface area contributed by atoms with Gasteiger partial charge >= 0.3 is 0 Å². The van der Waals surface area contributed by atoms with Crippen LogP contribution in [0.4, 0.5) is 0 Å². The van der Waals surface area contributed by atoms with E-state index in [4.69, 9.17) is 5.73 Å². The second-order valence-electron chi connectivity index (χ2n) is 4.59. The van der Waals surface area contributed by atoms with Gasteiger partial charge < -0.3 is 16.4 Å². The molecule has 1 amide bonds. The minimum Gasteiger partial charge on any atom is -0.370 e. The van der Waals surface area contributed by atoms with Gasteiger partial charge in [0.15, 0.2) is 5.96 Å². The van der Waals surface area contributed by atoms with E-state index in [9.17, 15) is 4.79 Å². The molecule has 4 N–H and O–H groups in total. The van der Waals surface area contributed by atoms with Gasteiger partial charge in [-0.05, 0) is 24.3 Å². The average Bonchev–Trinajstić information content (AvgIpc) is 3.13. The Kier molecular flexibility index (Phi) is 5.20. The van der Waals surface area contributed by atoms with Gasteiger partial charge in [-0.2, -0.15) is 0 Å². The average molecular weight is 280 g/mol. The summed E-state index contributed by atoms with van der Waals surface area (Å²) in [7, 11) is 0. The van der Waals surface area contributed by atoms with E-state index < -0.39 is 0 Å². The summed E-state index contributed by atoms with van der Waals surface area (Å²) >= 11 is 1.73. The molecule has 2 rings (SSSR count). The second-order valence-corrected chi connectivity index (χ2v) is 5.62. The third-order valence-corrected chi connectivity index (χ3v) is 3.84. The lowest BCUT2D eigenvalue weighted by molar-refractivity contribution is -0.122. The van der Waals surface area contributed by atoms with E-state index in [1.807, 2.05) is 6.07 Å². The molecule has 1 heterocycles. The zero-order valence-corrected chi connectivity index (χ0v) is 11.7. The number of rotatable bonds is 7. The maximum atomic E-state index is 11.4. The van der Waals surface area contributed by atoms with Crippen molar-refractivity contribution >= 4 is 23.2 Å². The van der Waals surface area contributed by atoms with E-state index in [2.05, 4.69) is 27.1 Å². The zero-order chi connectivity index (χ0) is 13.5. The molecular formula is C13H20N4OS. The quantitative estimate of drug-likeness (QED) is 0.391. The van der Waals surface area contributed by atoms with Crippen LogP contribution in [-0.4, -0.2) is 31.5 Å². The predicted molar refractivity (Wildman–Crippen MR) is 78.2 cm³/mol. The van der Waals surface area contributed by atoms with E-state index >= 15 is 0 Å². The molecule has 0 unspecified atom stereocenters. The van der Waals surface area contributed by atoms with Gasteiger partial charge in [-0.25, -0.2) is 0 Å². The molecule has 104 valence electrons. The van der Waals surface area contributed by atoms with Gasteiger partial charge in [0.25, 0.3) is 0 Å². The van der Waals surface area contributed by atoms with Crippen molar-refractivity contribution in [3.63, 3.8) is 0 Å². The molecule has 1 aliphatic carbocycles. The number of thiophene rings is 1. The molecule has 0 bridgehead atoms. The Balaban J connectivity index is 1.53. The number of nitrogens with two attached hydrogens (primary N) is 1. The summed E-state index contributed by atoms with van der Waals surface area (Å²) in [4.78, 5) is 16.9. The van der Waals surface area contributed by atoms with Gasteiger partial charge in [-0.3, -0.25) is 9.79 Å². The smallest absolute Gasteiger partial charge is 0.223 e. The van der Waals surface area contributed by atoms with Crippen molar-refractivity contribution in [2.75, 3.05) is 19.6 Å². The summed E-state index contributed by atoms with van der Waals surface area (Å²) in [6.45, 7) is 1.90. The highest BCUT2D eigenvalue weighted by molar-refractivity contribution is 7.09. The fraction of sp³-hybridized carbons (Fsp3) is 0.538. The third kappa shape index (κ3) is 5.30. The summed E-state index contributed by atoms with van der Waals surface area (Å²) in [5.74, 6) is 0.865. The molecule has 1 saturated carbocycles. The van der Waals surface area contributed by atoms with Crippen LogP contribution in [0, 0.1) is 5.92 Å². The first-order chi connectivity index (χ1) is 9.25. The van der Waals surface area contributed by atoms with E-state index in [0.717, 1.165) is 19.3 Å². The van der Waals surface area contributed by atoms with Crippen molar-refractivity contribution < 1.29 is 4.79 Å². The van der Waals surface area contributed by atoms with Crippen molar-refractivity contribution in [1.29, 1.82) is 0 Å². The van der Waals surface area contributed by atoms with Crippen LogP contribution in [-0.2, 0) is 11.2 Å².